The summed E-state index contributed by atoms with van der Waals surface area (Å²) in [7, 11) is 3.09. The fraction of sp³-hybridized carbons (Fsp3) is 0.105. The molecule has 0 saturated carbocycles. The number of benzene rings is 2. The third-order valence-electron chi connectivity index (χ3n) is 4.12. The van der Waals surface area contributed by atoms with Gasteiger partial charge in [0.2, 0.25) is 5.82 Å². The van der Waals surface area contributed by atoms with E-state index in [0.29, 0.717) is 32.7 Å². The largest absolute Gasteiger partial charge is 0.493 e. The molecule has 0 atom stereocenters. The Bertz CT molecular complexity index is 1170. The predicted octanol–water partition coefficient (Wildman–Crippen LogP) is 4.87. The van der Waals surface area contributed by atoms with Gasteiger partial charge in [0.05, 0.1) is 19.2 Å². The first-order valence-electron chi connectivity index (χ1n) is 8.15. The number of anilines is 1. The Hall–Kier alpha value is -3.10. The van der Waals surface area contributed by atoms with E-state index in [1.807, 2.05) is 24.3 Å². The molecule has 0 saturated heterocycles. The van der Waals surface area contributed by atoms with Gasteiger partial charge >= 0.3 is 0 Å². The maximum atomic E-state index is 12.8. The van der Waals surface area contributed by atoms with E-state index < -0.39 is 0 Å². The Morgan fingerprint density at radius 3 is 2.64 bits per heavy atom. The first-order valence-corrected chi connectivity index (χ1v) is 9.35. The topological polar surface area (TPSA) is 86.5 Å². The molecule has 0 radical (unpaired) electrons. The quantitative estimate of drug-likeness (QED) is 0.500. The van der Waals surface area contributed by atoms with Crippen molar-refractivity contribution < 1.29 is 18.9 Å². The van der Waals surface area contributed by atoms with Crippen LogP contribution in [0.4, 0.5) is 5.82 Å². The number of ether oxygens (including phenoxy) is 2. The predicted molar refractivity (Wildman–Crippen MR) is 108 cm³/mol. The van der Waals surface area contributed by atoms with E-state index in [2.05, 4.69) is 15.6 Å². The average Bonchev–Trinajstić information content (AvgIpc) is 3.32. The van der Waals surface area contributed by atoms with Crippen molar-refractivity contribution >= 4 is 44.7 Å². The van der Waals surface area contributed by atoms with Gasteiger partial charge in [0.25, 0.3) is 5.91 Å². The molecule has 4 aromatic rings. The number of methoxy groups -OCH3 is 2. The van der Waals surface area contributed by atoms with Crippen LogP contribution in [0.1, 0.15) is 9.67 Å². The van der Waals surface area contributed by atoms with E-state index in [1.54, 1.807) is 25.3 Å². The number of amides is 1. The van der Waals surface area contributed by atoms with Gasteiger partial charge in [-0.3, -0.25) is 4.79 Å². The Kier molecular flexibility index (Phi) is 4.89. The van der Waals surface area contributed by atoms with Crippen molar-refractivity contribution in [3.05, 3.63) is 52.4 Å². The van der Waals surface area contributed by atoms with Gasteiger partial charge in [-0.1, -0.05) is 29.8 Å². The zero-order valence-electron chi connectivity index (χ0n) is 14.9. The van der Waals surface area contributed by atoms with E-state index in [0.717, 1.165) is 10.1 Å². The number of thiophene rings is 1. The SMILES string of the molecule is COc1ccc(-c2nonc2NC(=O)c2sc3ccccc3c2Cl)cc1OC. The number of nitrogens with zero attached hydrogens (tertiary/aromatic N) is 2. The second-order valence-electron chi connectivity index (χ2n) is 5.73. The standard InChI is InChI=1S/C19H14ClN3O4S/c1-25-12-8-7-10(9-13(12)26-2)16-18(23-27-22-16)21-19(24)17-15(20)11-5-3-4-6-14(11)28-17/h3-9H,1-2H3,(H,21,23,24). The Balaban J connectivity index is 1.66. The lowest BCUT2D eigenvalue weighted by Crippen LogP contribution is -2.11. The van der Waals surface area contributed by atoms with Crippen molar-refractivity contribution in [1.29, 1.82) is 0 Å². The smallest absolute Gasteiger partial charge is 0.268 e. The van der Waals surface area contributed by atoms with Gasteiger partial charge in [0.1, 0.15) is 4.88 Å². The van der Waals surface area contributed by atoms with Crippen molar-refractivity contribution in [2.24, 2.45) is 0 Å². The molecule has 1 amide bonds. The van der Waals surface area contributed by atoms with Crippen LogP contribution in [-0.4, -0.2) is 30.4 Å². The number of aromatic nitrogens is 2. The molecule has 0 aliphatic rings. The third kappa shape index (κ3) is 3.17. The molecule has 4 rings (SSSR count). The van der Waals surface area contributed by atoms with Gasteiger partial charge in [-0.2, -0.15) is 0 Å². The Morgan fingerprint density at radius 2 is 1.89 bits per heavy atom. The monoisotopic (exact) mass is 415 g/mol. The maximum absolute atomic E-state index is 12.8. The fourth-order valence-electron chi connectivity index (χ4n) is 2.77. The lowest BCUT2D eigenvalue weighted by molar-refractivity contribution is 0.102. The molecule has 0 unspecified atom stereocenters. The summed E-state index contributed by atoms with van der Waals surface area (Å²) in [5, 5.41) is 11.7. The van der Waals surface area contributed by atoms with Crippen molar-refractivity contribution in [1.82, 2.24) is 10.3 Å². The number of hydrogen-bond acceptors (Lipinski definition) is 7. The number of hydrogen-bond donors (Lipinski definition) is 1. The molecular formula is C19H14ClN3O4S. The molecule has 0 fully saturated rings. The molecule has 0 aliphatic heterocycles. The van der Waals surface area contributed by atoms with E-state index >= 15 is 0 Å². The lowest BCUT2D eigenvalue weighted by atomic mass is 10.1. The van der Waals surface area contributed by atoms with Crippen LogP contribution in [0.25, 0.3) is 21.3 Å². The van der Waals surface area contributed by atoms with Gasteiger partial charge in [0, 0.05) is 15.6 Å². The third-order valence-corrected chi connectivity index (χ3v) is 5.79. The number of carbonyl (C=O) groups excluding carboxylic acids is 1. The summed E-state index contributed by atoms with van der Waals surface area (Å²) in [6.07, 6.45) is 0. The minimum absolute atomic E-state index is 0.186. The summed E-state index contributed by atoms with van der Waals surface area (Å²) in [6, 6.07) is 12.8. The van der Waals surface area contributed by atoms with Crippen molar-refractivity contribution in [3.63, 3.8) is 0 Å². The van der Waals surface area contributed by atoms with E-state index in [9.17, 15) is 4.79 Å². The van der Waals surface area contributed by atoms with Gasteiger partial charge in [-0.05, 0) is 34.6 Å². The molecule has 0 aliphatic carbocycles. The minimum atomic E-state index is -0.386. The summed E-state index contributed by atoms with van der Waals surface area (Å²) >= 11 is 7.69. The molecule has 0 spiro atoms. The Labute approximate surface area is 168 Å². The summed E-state index contributed by atoms with van der Waals surface area (Å²) in [4.78, 5) is 13.2. The zero-order valence-corrected chi connectivity index (χ0v) is 16.4. The van der Waals surface area contributed by atoms with Gasteiger partial charge in [0.15, 0.2) is 17.2 Å². The highest BCUT2D eigenvalue weighted by Crippen LogP contribution is 2.37. The molecular weight excluding hydrogens is 402 g/mol. The van der Waals surface area contributed by atoms with Gasteiger partial charge < -0.3 is 14.8 Å². The molecule has 142 valence electrons. The lowest BCUT2D eigenvalue weighted by Gasteiger charge is -2.08. The molecule has 2 aromatic carbocycles. The highest BCUT2D eigenvalue weighted by molar-refractivity contribution is 7.21. The second kappa shape index (κ2) is 7.49. The number of halogens is 1. The van der Waals surface area contributed by atoms with Crippen LogP contribution < -0.4 is 14.8 Å². The maximum Gasteiger partial charge on any atom is 0.268 e. The number of nitrogens with one attached hydrogen (secondary N) is 1. The van der Waals surface area contributed by atoms with Gasteiger partial charge in [-0.15, -0.1) is 11.3 Å². The molecule has 28 heavy (non-hydrogen) atoms. The first-order chi connectivity index (χ1) is 13.6. The van der Waals surface area contributed by atoms with Crippen molar-refractivity contribution in [3.8, 4) is 22.8 Å². The summed E-state index contributed by atoms with van der Waals surface area (Å²) in [5.74, 6) is 0.896. The molecule has 0 bridgehead atoms. The average molecular weight is 416 g/mol. The van der Waals surface area contributed by atoms with Crippen LogP contribution in [0.15, 0.2) is 47.1 Å². The van der Waals surface area contributed by atoms with E-state index in [4.69, 9.17) is 25.7 Å². The van der Waals surface area contributed by atoms with Crippen LogP contribution in [0.5, 0.6) is 11.5 Å². The normalized spacial score (nSPS) is 10.8. The first kappa shape index (κ1) is 18.3. The van der Waals surface area contributed by atoms with Crippen molar-refractivity contribution in [2.75, 3.05) is 19.5 Å². The van der Waals surface area contributed by atoms with E-state index in [1.165, 1.54) is 18.4 Å². The highest BCUT2D eigenvalue weighted by atomic mass is 35.5. The zero-order chi connectivity index (χ0) is 19.7. The second-order valence-corrected chi connectivity index (χ2v) is 7.16. The minimum Gasteiger partial charge on any atom is -0.493 e. The highest BCUT2D eigenvalue weighted by Gasteiger charge is 2.21. The van der Waals surface area contributed by atoms with Crippen LogP contribution >= 0.6 is 22.9 Å². The number of rotatable bonds is 5. The Morgan fingerprint density at radius 1 is 1.11 bits per heavy atom. The summed E-state index contributed by atoms with van der Waals surface area (Å²) in [5.41, 5.74) is 1.02. The van der Waals surface area contributed by atoms with Gasteiger partial charge in [-0.25, -0.2) is 4.63 Å². The molecule has 7 nitrogen and oxygen atoms in total. The molecule has 2 aromatic heterocycles. The van der Waals surface area contributed by atoms with Crippen LogP contribution in [0.2, 0.25) is 5.02 Å². The number of carbonyl (C=O) groups is 1. The summed E-state index contributed by atoms with van der Waals surface area (Å²) < 4.78 is 16.3. The van der Waals surface area contributed by atoms with Crippen LogP contribution in [0.3, 0.4) is 0 Å². The molecule has 1 N–H and O–H groups in total. The molecule has 2 heterocycles. The van der Waals surface area contributed by atoms with E-state index in [-0.39, 0.29) is 11.7 Å². The van der Waals surface area contributed by atoms with Crippen molar-refractivity contribution in [2.45, 2.75) is 0 Å². The molecule has 9 heteroatoms. The fourth-order valence-corrected chi connectivity index (χ4v) is 4.18. The van der Waals surface area contributed by atoms with Crippen LogP contribution in [0, 0.1) is 0 Å². The number of fused-ring (bicyclic) bond motifs is 1. The summed E-state index contributed by atoms with van der Waals surface area (Å²) in [6.45, 7) is 0. The van der Waals surface area contributed by atoms with Crippen LogP contribution in [-0.2, 0) is 0 Å².